The average Bonchev–Trinajstić information content (AvgIpc) is 2.75. The van der Waals surface area contributed by atoms with Crippen LogP contribution in [-0.2, 0) is 4.74 Å². The lowest BCUT2D eigenvalue weighted by Gasteiger charge is -2.26. The molecule has 0 N–H and O–H groups in total. The predicted octanol–water partition coefficient (Wildman–Crippen LogP) is 3.42. The van der Waals surface area contributed by atoms with Crippen molar-refractivity contribution in [2.24, 2.45) is 5.41 Å². The van der Waals surface area contributed by atoms with Gasteiger partial charge in [0.25, 0.3) is 0 Å². The highest BCUT2D eigenvalue weighted by atomic mass is 16.5. The molecule has 1 heterocycles. The Hall–Kier alpha value is -0.550. The molecule has 1 aliphatic carbocycles. The number of hydrogen-bond donors (Lipinski definition) is 0. The van der Waals surface area contributed by atoms with Gasteiger partial charge in [-0.2, -0.15) is 5.26 Å². The van der Waals surface area contributed by atoms with Crippen LogP contribution in [0.3, 0.4) is 0 Å². The zero-order valence-electron chi connectivity index (χ0n) is 9.88. The molecule has 2 nitrogen and oxygen atoms in total. The van der Waals surface area contributed by atoms with Gasteiger partial charge in [-0.25, -0.2) is 0 Å². The van der Waals surface area contributed by atoms with E-state index in [0.29, 0.717) is 6.10 Å². The van der Waals surface area contributed by atoms with Crippen molar-refractivity contribution in [3.8, 4) is 6.07 Å². The van der Waals surface area contributed by atoms with E-state index in [-0.39, 0.29) is 11.0 Å². The van der Waals surface area contributed by atoms with Gasteiger partial charge in [0, 0.05) is 0 Å². The first kappa shape index (κ1) is 11.0. The van der Waals surface area contributed by atoms with Gasteiger partial charge in [-0.3, -0.25) is 0 Å². The minimum absolute atomic E-state index is 0.0416. The van der Waals surface area contributed by atoms with Gasteiger partial charge in [0.05, 0.1) is 23.2 Å². The van der Waals surface area contributed by atoms with Crippen LogP contribution in [0.5, 0.6) is 0 Å². The van der Waals surface area contributed by atoms with E-state index in [9.17, 15) is 5.26 Å². The molecule has 0 spiro atoms. The van der Waals surface area contributed by atoms with Crippen LogP contribution < -0.4 is 0 Å². The number of rotatable bonds is 2. The largest absolute Gasteiger partial charge is 0.372 e. The van der Waals surface area contributed by atoms with Crippen LogP contribution >= 0.6 is 0 Å². The smallest absolute Gasteiger partial charge is 0.0690 e. The molecule has 15 heavy (non-hydrogen) atoms. The van der Waals surface area contributed by atoms with Crippen molar-refractivity contribution in [1.82, 2.24) is 0 Å². The van der Waals surface area contributed by atoms with Gasteiger partial charge in [0.15, 0.2) is 0 Å². The second-order valence-corrected chi connectivity index (χ2v) is 5.84. The van der Waals surface area contributed by atoms with Crippen LogP contribution in [0, 0.1) is 16.7 Å². The first-order valence-electron chi connectivity index (χ1n) is 6.14. The molecule has 1 unspecified atom stereocenters. The highest BCUT2D eigenvalue weighted by Crippen LogP contribution is 2.44. The minimum atomic E-state index is -0.0505. The van der Waals surface area contributed by atoms with E-state index in [0.717, 1.165) is 32.1 Å². The van der Waals surface area contributed by atoms with Crippen LogP contribution in [0.15, 0.2) is 0 Å². The van der Waals surface area contributed by atoms with Gasteiger partial charge in [0.2, 0.25) is 0 Å². The molecule has 0 aromatic heterocycles. The maximum Gasteiger partial charge on any atom is 0.0690 e. The van der Waals surface area contributed by atoms with Crippen LogP contribution in [0.2, 0.25) is 0 Å². The molecule has 2 fully saturated rings. The van der Waals surface area contributed by atoms with E-state index in [1.165, 1.54) is 12.8 Å². The Morgan fingerprint density at radius 2 is 1.93 bits per heavy atom. The molecule has 84 valence electrons. The average molecular weight is 207 g/mol. The summed E-state index contributed by atoms with van der Waals surface area (Å²) in [5, 5.41) is 9.30. The Bertz CT molecular complexity index is 271. The van der Waals surface area contributed by atoms with Crippen molar-refractivity contribution in [3.63, 3.8) is 0 Å². The summed E-state index contributed by atoms with van der Waals surface area (Å²) in [5.74, 6) is 0. The van der Waals surface area contributed by atoms with Gasteiger partial charge in [-0.15, -0.1) is 0 Å². The SMILES string of the molecule is CC1(C)CCC(CC2(C#N)CCCC2)O1. The topological polar surface area (TPSA) is 33.0 Å². The summed E-state index contributed by atoms with van der Waals surface area (Å²) in [5.41, 5.74) is -0.00893. The van der Waals surface area contributed by atoms with Gasteiger partial charge in [0.1, 0.15) is 0 Å². The molecule has 2 rings (SSSR count). The van der Waals surface area contributed by atoms with Crippen molar-refractivity contribution in [1.29, 1.82) is 5.26 Å². The molecule has 2 aliphatic rings. The van der Waals surface area contributed by atoms with Crippen LogP contribution in [0.25, 0.3) is 0 Å². The van der Waals surface area contributed by atoms with Crippen LogP contribution in [0.4, 0.5) is 0 Å². The Morgan fingerprint density at radius 1 is 1.27 bits per heavy atom. The molecule has 1 saturated carbocycles. The predicted molar refractivity (Wildman–Crippen MR) is 59.3 cm³/mol. The maximum absolute atomic E-state index is 9.30. The van der Waals surface area contributed by atoms with Crippen molar-refractivity contribution in [2.75, 3.05) is 0 Å². The lowest BCUT2D eigenvalue weighted by atomic mass is 9.81. The Labute approximate surface area is 92.6 Å². The number of nitrogens with zero attached hydrogens (tertiary/aromatic N) is 1. The van der Waals surface area contributed by atoms with E-state index in [1.807, 2.05) is 0 Å². The van der Waals surface area contributed by atoms with E-state index < -0.39 is 0 Å². The summed E-state index contributed by atoms with van der Waals surface area (Å²) in [7, 11) is 0. The maximum atomic E-state index is 9.30. The minimum Gasteiger partial charge on any atom is -0.372 e. The van der Waals surface area contributed by atoms with Gasteiger partial charge in [-0.05, 0) is 46.0 Å². The fourth-order valence-corrected chi connectivity index (χ4v) is 3.07. The Balaban J connectivity index is 1.95. The normalized spacial score (nSPS) is 32.7. The number of hydrogen-bond acceptors (Lipinski definition) is 2. The van der Waals surface area contributed by atoms with E-state index >= 15 is 0 Å². The molecule has 0 amide bonds. The molecule has 1 aliphatic heterocycles. The molecule has 2 heteroatoms. The molecular formula is C13H21NO. The summed E-state index contributed by atoms with van der Waals surface area (Å²) in [6.07, 6.45) is 8.20. The van der Waals surface area contributed by atoms with E-state index in [1.54, 1.807) is 0 Å². The third kappa shape index (κ3) is 2.34. The number of nitriles is 1. The molecule has 0 aromatic rings. The lowest BCUT2D eigenvalue weighted by molar-refractivity contribution is -0.0294. The second-order valence-electron chi connectivity index (χ2n) is 5.84. The monoisotopic (exact) mass is 207 g/mol. The molecule has 0 bridgehead atoms. The molecule has 1 atom stereocenters. The Kier molecular flexibility index (Phi) is 2.77. The quantitative estimate of drug-likeness (QED) is 0.695. The van der Waals surface area contributed by atoms with Crippen molar-refractivity contribution in [3.05, 3.63) is 0 Å². The summed E-state index contributed by atoms with van der Waals surface area (Å²) < 4.78 is 5.99. The second kappa shape index (κ2) is 3.79. The number of ether oxygens (including phenoxy) is 1. The summed E-state index contributed by atoms with van der Waals surface area (Å²) in [6, 6.07) is 2.55. The van der Waals surface area contributed by atoms with Gasteiger partial charge in [-0.1, -0.05) is 12.8 Å². The van der Waals surface area contributed by atoms with Crippen molar-refractivity contribution >= 4 is 0 Å². The highest BCUT2D eigenvalue weighted by molar-refractivity contribution is 5.04. The van der Waals surface area contributed by atoms with Crippen molar-refractivity contribution in [2.45, 2.75) is 70.5 Å². The standard InChI is InChI=1S/C13H21NO/c1-12(2)8-5-11(15-12)9-13(10-14)6-3-4-7-13/h11H,3-9H2,1-2H3. The zero-order chi connectivity index (χ0) is 10.9. The molecular weight excluding hydrogens is 186 g/mol. The zero-order valence-corrected chi connectivity index (χ0v) is 9.88. The summed E-state index contributed by atoms with van der Waals surface area (Å²) >= 11 is 0. The Morgan fingerprint density at radius 3 is 2.40 bits per heavy atom. The molecule has 0 radical (unpaired) electrons. The van der Waals surface area contributed by atoms with Crippen LogP contribution in [0.1, 0.15) is 58.8 Å². The lowest BCUT2D eigenvalue weighted by Crippen LogP contribution is -2.25. The van der Waals surface area contributed by atoms with Gasteiger partial charge < -0.3 is 4.74 Å². The summed E-state index contributed by atoms with van der Waals surface area (Å²) in [6.45, 7) is 4.31. The van der Waals surface area contributed by atoms with E-state index in [2.05, 4.69) is 19.9 Å². The fourth-order valence-electron chi connectivity index (χ4n) is 3.07. The first-order valence-corrected chi connectivity index (χ1v) is 6.14. The molecule has 0 aromatic carbocycles. The third-order valence-electron chi connectivity index (χ3n) is 3.97. The van der Waals surface area contributed by atoms with Crippen LogP contribution in [-0.4, -0.2) is 11.7 Å². The highest BCUT2D eigenvalue weighted by Gasteiger charge is 2.40. The van der Waals surface area contributed by atoms with E-state index in [4.69, 9.17) is 4.74 Å². The first-order chi connectivity index (χ1) is 7.05. The summed E-state index contributed by atoms with van der Waals surface area (Å²) in [4.78, 5) is 0. The third-order valence-corrected chi connectivity index (χ3v) is 3.97. The van der Waals surface area contributed by atoms with Crippen molar-refractivity contribution < 1.29 is 4.74 Å². The fraction of sp³-hybridized carbons (Fsp3) is 0.923. The van der Waals surface area contributed by atoms with Gasteiger partial charge >= 0.3 is 0 Å². The molecule has 1 saturated heterocycles.